The number of rotatable bonds is 5. The number of hydrogen-bond donors (Lipinski definition) is 0. The molecule has 134 valence electrons. The fourth-order valence-electron chi connectivity index (χ4n) is 3.73. The zero-order valence-corrected chi connectivity index (χ0v) is 15.3. The molecule has 24 heavy (non-hydrogen) atoms. The van der Waals surface area contributed by atoms with Crippen molar-refractivity contribution in [3.8, 4) is 0 Å². The molecule has 2 fully saturated rings. The molecule has 0 radical (unpaired) electrons. The third-order valence-corrected chi connectivity index (χ3v) is 5.44. The molecule has 1 aromatic heterocycles. The molecule has 0 spiro atoms. The van der Waals surface area contributed by atoms with E-state index in [9.17, 15) is 4.79 Å². The molecule has 0 bridgehead atoms. The number of carbonyl (C=O) groups excluding carboxylic acids is 1. The first-order chi connectivity index (χ1) is 11.6. The van der Waals surface area contributed by atoms with Crippen molar-refractivity contribution >= 4 is 17.5 Å². The van der Waals surface area contributed by atoms with E-state index in [0.29, 0.717) is 23.5 Å². The normalized spacial score (nSPS) is 23.6. The Labute approximate surface area is 149 Å². The summed E-state index contributed by atoms with van der Waals surface area (Å²) < 4.78 is 5.47. The van der Waals surface area contributed by atoms with Crippen molar-refractivity contribution in [3.05, 3.63) is 23.1 Å². The van der Waals surface area contributed by atoms with Crippen LogP contribution in [-0.4, -0.2) is 66.9 Å². The van der Waals surface area contributed by atoms with Gasteiger partial charge in [-0.2, -0.15) is 0 Å². The Kier molecular flexibility index (Phi) is 6.19. The van der Waals surface area contributed by atoms with Gasteiger partial charge in [0.1, 0.15) is 5.76 Å². The number of piperidine rings is 1. The van der Waals surface area contributed by atoms with Crippen molar-refractivity contribution in [1.82, 2.24) is 14.7 Å². The summed E-state index contributed by atoms with van der Waals surface area (Å²) in [5.41, 5.74) is 0. The Balaban J connectivity index is 1.41. The summed E-state index contributed by atoms with van der Waals surface area (Å²) in [6.45, 7) is 6.71. The third kappa shape index (κ3) is 4.98. The summed E-state index contributed by atoms with van der Waals surface area (Å²) in [4.78, 5) is 19.1. The molecule has 1 amide bonds. The minimum atomic E-state index is 0.332. The molecule has 0 saturated carbocycles. The molecule has 0 aliphatic carbocycles. The highest BCUT2D eigenvalue weighted by Crippen LogP contribution is 2.24. The van der Waals surface area contributed by atoms with E-state index in [2.05, 4.69) is 16.8 Å². The smallest absolute Gasteiger partial charge is 0.222 e. The van der Waals surface area contributed by atoms with Gasteiger partial charge in [0.15, 0.2) is 5.22 Å². The van der Waals surface area contributed by atoms with E-state index in [-0.39, 0.29) is 0 Å². The van der Waals surface area contributed by atoms with Crippen LogP contribution in [0.1, 0.15) is 31.4 Å². The maximum Gasteiger partial charge on any atom is 0.222 e. The van der Waals surface area contributed by atoms with Gasteiger partial charge in [0.2, 0.25) is 5.91 Å². The SMILES string of the molecule is CN1CCN(C(=O)CC[C@H]2CCCN(Cc3ccc(Cl)o3)C2)CC1. The highest BCUT2D eigenvalue weighted by molar-refractivity contribution is 6.28. The number of carbonyl (C=O) groups is 1. The fraction of sp³-hybridized carbons (Fsp3) is 0.722. The van der Waals surface area contributed by atoms with Crippen molar-refractivity contribution in [1.29, 1.82) is 0 Å². The Morgan fingerprint density at radius 1 is 1.25 bits per heavy atom. The summed E-state index contributed by atoms with van der Waals surface area (Å²) in [5, 5.41) is 0.455. The lowest BCUT2D eigenvalue weighted by Crippen LogP contribution is -2.47. The van der Waals surface area contributed by atoms with Gasteiger partial charge >= 0.3 is 0 Å². The number of piperazine rings is 1. The first-order valence-corrected chi connectivity index (χ1v) is 9.41. The second-order valence-electron chi connectivity index (χ2n) is 7.17. The number of furan rings is 1. The van der Waals surface area contributed by atoms with Crippen LogP contribution >= 0.6 is 11.6 Å². The first-order valence-electron chi connectivity index (χ1n) is 9.03. The molecule has 0 aromatic carbocycles. The lowest BCUT2D eigenvalue weighted by Gasteiger charge is -2.34. The van der Waals surface area contributed by atoms with E-state index in [1.807, 2.05) is 11.0 Å². The number of halogens is 1. The quantitative estimate of drug-likeness (QED) is 0.816. The van der Waals surface area contributed by atoms with Gasteiger partial charge in [0.05, 0.1) is 6.54 Å². The van der Waals surface area contributed by atoms with Crippen molar-refractivity contribution in [2.45, 2.75) is 32.2 Å². The molecule has 2 aliphatic rings. The van der Waals surface area contributed by atoms with Crippen molar-refractivity contribution < 1.29 is 9.21 Å². The van der Waals surface area contributed by atoms with Crippen molar-refractivity contribution in [2.24, 2.45) is 5.92 Å². The lowest BCUT2D eigenvalue weighted by atomic mass is 9.93. The summed E-state index contributed by atoms with van der Waals surface area (Å²) in [5.74, 6) is 1.87. The molecule has 3 heterocycles. The molecule has 2 aliphatic heterocycles. The van der Waals surface area contributed by atoms with Crippen LogP contribution in [0.2, 0.25) is 5.22 Å². The third-order valence-electron chi connectivity index (χ3n) is 5.23. The molecule has 5 nitrogen and oxygen atoms in total. The van der Waals surface area contributed by atoms with E-state index in [1.54, 1.807) is 6.07 Å². The molecule has 0 N–H and O–H groups in total. The average Bonchev–Trinajstić information content (AvgIpc) is 2.98. The van der Waals surface area contributed by atoms with Crippen LogP contribution in [0.5, 0.6) is 0 Å². The molecular formula is C18H28ClN3O2. The van der Waals surface area contributed by atoms with E-state index in [4.69, 9.17) is 16.0 Å². The van der Waals surface area contributed by atoms with Gasteiger partial charge < -0.3 is 14.2 Å². The van der Waals surface area contributed by atoms with Crippen LogP contribution in [0.25, 0.3) is 0 Å². The highest BCUT2D eigenvalue weighted by atomic mass is 35.5. The predicted molar refractivity (Wildman–Crippen MR) is 95.0 cm³/mol. The Morgan fingerprint density at radius 3 is 2.75 bits per heavy atom. The zero-order chi connectivity index (χ0) is 16.9. The van der Waals surface area contributed by atoms with Crippen LogP contribution < -0.4 is 0 Å². The lowest BCUT2D eigenvalue weighted by molar-refractivity contribution is -0.133. The standard InChI is InChI=1S/C18H28ClN3O2/c1-20-9-11-22(12-10-20)18(23)7-4-15-3-2-8-21(13-15)14-16-5-6-17(19)24-16/h5-6,15H,2-4,7-14H2,1H3/t15-/m1/s1. The predicted octanol–water partition coefficient (Wildman–Crippen LogP) is 2.70. The van der Waals surface area contributed by atoms with Crippen LogP contribution in [0.4, 0.5) is 0 Å². The number of likely N-dealkylation sites (tertiary alicyclic amines) is 1. The number of nitrogens with zero attached hydrogens (tertiary/aromatic N) is 3. The molecule has 6 heteroatoms. The molecule has 1 atom stereocenters. The highest BCUT2D eigenvalue weighted by Gasteiger charge is 2.24. The second kappa shape index (κ2) is 8.37. The molecule has 2 saturated heterocycles. The first kappa shape index (κ1) is 17.8. The van der Waals surface area contributed by atoms with E-state index < -0.39 is 0 Å². The zero-order valence-electron chi connectivity index (χ0n) is 14.5. The van der Waals surface area contributed by atoms with Crippen LogP contribution in [0.3, 0.4) is 0 Å². The maximum atomic E-state index is 12.4. The van der Waals surface area contributed by atoms with Gasteiger partial charge in [-0.05, 0) is 62.5 Å². The summed E-state index contributed by atoms with van der Waals surface area (Å²) in [6.07, 6.45) is 4.11. The Bertz CT molecular complexity index is 540. The summed E-state index contributed by atoms with van der Waals surface area (Å²) in [7, 11) is 2.12. The van der Waals surface area contributed by atoms with Gasteiger partial charge in [0, 0.05) is 39.1 Å². The minimum Gasteiger partial charge on any atom is -0.448 e. The molecule has 0 unspecified atom stereocenters. The van der Waals surface area contributed by atoms with E-state index in [1.165, 1.54) is 12.8 Å². The van der Waals surface area contributed by atoms with Gasteiger partial charge in [0.25, 0.3) is 0 Å². The monoisotopic (exact) mass is 353 g/mol. The minimum absolute atomic E-state index is 0.332. The van der Waals surface area contributed by atoms with Gasteiger partial charge in [-0.25, -0.2) is 0 Å². The van der Waals surface area contributed by atoms with Gasteiger partial charge in [-0.3, -0.25) is 9.69 Å². The fourth-order valence-corrected chi connectivity index (χ4v) is 3.89. The van der Waals surface area contributed by atoms with E-state index in [0.717, 1.165) is 58.0 Å². The Morgan fingerprint density at radius 2 is 2.04 bits per heavy atom. The topological polar surface area (TPSA) is 39.9 Å². The number of hydrogen-bond acceptors (Lipinski definition) is 4. The summed E-state index contributed by atoms with van der Waals surface area (Å²) in [6, 6.07) is 3.75. The second-order valence-corrected chi connectivity index (χ2v) is 7.54. The Hall–Kier alpha value is -1.04. The number of likely N-dealkylation sites (N-methyl/N-ethyl adjacent to an activating group) is 1. The van der Waals surface area contributed by atoms with E-state index >= 15 is 0 Å². The van der Waals surface area contributed by atoms with Crippen LogP contribution in [-0.2, 0) is 11.3 Å². The average molecular weight is 354 g/mol. The number of amides is 1. The van der Waals surface area contributed by atoms with Gasteiger partial charge in [-0.1, -0.05) is 0 Å². The van der Waals surface area contributed by atoms with Crippen molar-refractivity contribution in [3.63, 3.8) is 0 Å². The largest absolute Gasteiger partial charge is 0.448 e. The van der Waals surface area contributed by atoms with Crippen LogP contribution in [0, 0.1) is 5.92 Å². The van der Waals surface area contributed by atoms with Gasteiger partial charge in [-0.15, -0.1) is 0 Å². The maximum absolute atomic E-state index is 12.4. The summed E-state index contributed by atoms with van der Waals surface area (Å²) >= 11 is 5.84. The van der Waals surface area contributed by atoms with Crippen LogP contribution in [0.15, 0.2) is 16.5 Å². The van der Waals surface area contributed by atoms with Crippen molar-refractivity contribution in [2.75, 3.05) is 46.3 Å². The molecule has 1 aromatic rings. The molecule has 3 rings (SSSR count). The molecular weight excluding hydrogens is 326 g/mol.